The maximum Gasteiger partial charge on any atom is 0.299 e. The first-order valence-corrected chi connectivity index (χ1v) is 12.9. The third-order valence-electron chi connectivity index (χ3n) is 9.08. The second kappa shape index (κ2) is 8.24. The van der Waals surface area contributed by atoms with Crippen LogP contribution in [0.4, 0.5) is 0 Å². The van der Waals surface area contributed by atoms with Gasteiger partial charge in [0.05, 0.1) is 11.5 Å². The molecule has 2 aliphatic heterocycles. The van der Waals surface area contributed by atoms with Crippen LogP contribution in [0.25, 0.3) is 0 Å². The number of amides is 1. The van der Waals surface area contributed by atoms with Crippen molar-refractivity contribution in [2.24, 2.45) is 0 Å². The fourth-order valence-electron chi connectivity index (χ4n) is 7.05. The number of ether oxygens (including phenoxy) is 1. The number of benzene rings is 2. The maximum atomic E-state index is 13.3. The standard InChI is InChI=1S/C31H32N2O4/c1-5-15-33-16-14-30-27-22-9-10-24(34)28(27)37-29(30)23(12-13-31(30,36)25(33)18-22)32(4)26(35)11-8-21-7-6-19(2)20(3)17-21/h5-7,9-10,12-13,17,23,25,29,34,36H,1,14-16,18H2,2-4H3/t23-,25+,29-,30-,31+/m0/s1. The van der Waals surface area contributed by atoms with Crippen LogP contribution in [-0.4, -0.2) is 69.8 Å². The highest BCUT2D eigenvalue weighted by molar-refractivity contribution is 5.94. The summed E-state index contributed by atoms with van der Waals surface area (Å²) in [7, 11) is 1.73. The molecule has 2 aromatic rings. The van der Waals surface area contributed by atoms with Crippen LogP contribution in [0.1, 0.15) is 34.2 Å². The Morgan fingerprint density at radius 2 is 2.11 bits per heavy atom. The lowest BCUT2D eigenvalue weighted by molar-refractivity contribution is -0.152. The quantitative estimate of drug-likeness (QED) is 0.505. The zero-order chi connectivity index (χ0) is 26.1. The first-order chi connectivity index (χ1) is 17.7. The Hall–Kier alpha value is -3.53. The SMILES string of the molecule is C=CCN1CC[C@]23c4c5ccc(O)c4O[C@H]2[C@@H](N(C)C(=O)C#Cc2ccc(C)c(C)c2)C=C[C@@]3(O)[C@H]1C5. The largest absolute Gasteiger partial charge is 0.504 e. The van der Waals surface area contributed by atoms with Crippen molar-refractivity contribution in [2.45, 2.75) is 55.9 Å². The van der Waals surface area contributed by atoms with Gasteiger partial charge in [0.15, 0.2) is 11.5 Å². The third kappa shape index (κ3) is 3.17. The van der Waals surface area contributed by atoms with Gasteiger partial charge in [-0.3, -0.25) is 9.69 Å². The van der Waals surface area contributed by atoms with E-state index in [1.54, 1.807) is 18.0 Å². The van der Waals surface area contributed by atoms with Gasteiger partial charge in [0, 0.05) is 43.2 Å². The van der Waals surface area contributed by atoms with Crippen LogP contribution in [-0.2, 0) is 16.6 Å². The Morgan fingerprint density at radius 1 is 1.30 bits per heavy atom. The highest BCUT2D eigenvalue weighted by Gasteiger charge is 2.72. The van der Waals surface area contributed by atoms with Crippen LogP contribution in [0, 0.1) is 25.7 Å². The number of likely N-dealkylation sites (tertiary alicyclic amines) is 1. The lowest BCUT2D eigenvalue weighted by atomic mass is 9.50. The van der Waals surface area contributed by atoms with Crippen LogP contribution in [0.2, 0.25) is 0 Å². The minimum Gasteiger partial charge on any atom is -0.504 e. The molecule has 2 heterocycles. The molecule has 1 saturated heterocycles. The summed E-state index contributed by atoms with van der Waals surface area (Å²) in [5.41, 5.74) is 3.10. The number of nitrogens with zero attached hydrogens (tertiary/aromatic N) is 2. The fraction of sp³-hybridized carbons (Fsp3) is 0.387. The summed E-state index contributed by atoms with van der Waals surface area (Å²) in [6.45, 7) is 9.42. The molecule has 1 amide bonds. The summed E-state index contributed by atoms with van der Waals surface area (Å²) < 4.78 is 6.50. The molecular weight excluding hydrogens is 464 g/mol. The first kappa shape index (κ1) is 23.8. The van der Waals surface area contributed by atoms with E-state index in [1.165, 1.54) is 5.56 Å². The summed E-state index contributed by atoms with van der Waals surface area (Å²) in [4.78, 5) is 17.2. The van der Waals surface area contributed by atoms with Gasteiger partial charge in [-0.05, 0) is 61.6 Å². The Balaban J connectivity index is 1.41. The number of carbonyl (C=O) groups excluding carboxylic acids is 1. The summed E-state index contributed by atoms with van der Waals surface area (Å²) in [5.74, 6) is 5.98. The number of phenols is 1. The zero-order valence-electron chi connectivity index (χ0n) is 21.5. The number of piperidine rings is 1. The van der Waals surface area contributed by atoms with Crippen molar-refractivity contribution in [1.82, 2.24) is 9.80 Å². The maximum absolute atomic E-state index is 13.3. The molecule has 6 nitrogen and oxygen atoms in total. The van der Waals surface area contributed by atoms with E-state index in [0.29, 0.717) is 25.1 Å². The predicted octanol–water partition coefficient (Wildman–Crippen LogP) is 3.00. The average Bonchev–Trinajstić information content (AvgIpc) is 3.23. The molecule has 1 spiro atoms. The molecule has 0 radical (unpaired) electrons. The molecule has 0 aromatic heterocycles. The van der Waals surface area contributed by atoms with Crippen LogP contribution < -0.4 is 4.74 Å². The van der Waals surface area contributed by atoms with E-state index in [0.717, 1.165) is 28.8 Å². The Morgan fingerprint density at radius 3 is 2.86 bits per heavy atom. The van der Waals surface area contributed by atoms with Crippen LogP contribution in [0.15, 0.2) is 55.1 Å². The van der Waals surface area contributed by atoms with Gasteiger partial charge in [0.25, 0.3) is 5.91 Å². The van der Waals surface area contributed by atoms with Gasteiger partial charge in [-0.1, -0.05) is 36.3 Å². The molecule has 2 aromatic carbocycles. The number of aliphatic hydroxyl groups is 1. The van der Waals surface area contributed by atoms with E-state index in [-0.39, 0.29) is 17.7 Å². The molecule has 1 fully saturated rings. The molecule has 37 heavy (non-hydrogen) atoms. The van der Waals surface area contributed by atoms with Gasteiger partial charge in [0.2, 0.25) is 0 Å². The minimum atomic E-state index is -1.20. The second-order valence-electron chi connectivity index (χ2n) is 10.9. The number of hydrogen-bond acceptors (Lipinski definition) is 5. The molecule has 6 rings (SSSR count). The van der Waals surface area contributed by atoms with E-state index in [1.807, 2.05) is 56.3 Å². The Labute approximate surface area is 217 Å². The van der Waals surface area contributed by atoms with Gasteiger partial charge in [-0.15, -0.1) is 6.58 Å². The van der Waals surface area contributed by atoms with Gasteiger partial charge < -0.3 is 19.8 Å². The summed E-state index contributed by atoms with van der Waals surface area (Å²) >= 11 is 0. The Kier molecular flexibility index (Phi) is 5.31. The van der Waals surface area contributed by atoms with Crippen LogP contribution in [0.5, 0.6) is 11.5 Å². The lowest BCUT2D eigenvalue weighted by Crippen LogP contribution is -2.76. The van der Waals surface area contributed by atoms with E-state index in [4.69, 9.17) is 4.74 Å². The molecule has 0 unspecified atom stereocenters. The molecular formula is C31H32N2O4. The van der Waals surface area contributed by atoms with E-state index in [9.17, 15) is 15.0 Å². The molecule has 5 atom stereocenters. The molecule has 0 saturated carbocycles. The highest BCUT2D eigenvalue weighted by atomic mass is 16.5. The number of aromatic hydroxyl groups is 1. The van der Waals surface area contributed by atoms with Crippen molar-refractivity contribution < 1.29 is 19.7 Å². The second-order valence-corrected chi connectivity index (χ2v) is 10.9. The number of carbonyl (C=O) groups is 1. The van der Waals surface area contributed by atoms with Gasteiger partial charge in [-0.2, -0.15) is 0 Å². The fourth-order valence-corrected chi connectivity index (χ4v) is 7.05. The average molecular weight is 497 g/mol. The monoisotopic (exact) mass is 496 g/mol. The molecule has 2 aliphatic carbocycles. The Bertz CT molecular complexity index is 1420. The summed E-state index contributed by atoms with van der Waals surface area (Å²) in [5, 5.41) is 23.1. The number of phenolic OH excluding ortho intramolecular Hbond substituents is 1. The topological polar surface area (TPSA) is 73.2 Å². The van der Waals surface area contributed by atoms with Gasteiger partial charge in [-0.25, -0.2) is 0 Å². The molecule has 4 aliphatic rings. The van der Waals surface area contributed by atoms with E-state index < -0.39 is 23.2 Å². The number of aryl methyl sites for hydroxylation is 2. The van der Waals surface area contributed by atoms with Crippen molar-refractivity contribution in [3.63, 3.8) is 0 Å². The normalized spacial score (nSPS) is 30.5. The summed E-state index contributed by atoms with van der Waals surface area (Å²) in [6.07, 6.45) is 6.37. The number of hydrogen-bond donors (Lipinski definition) is 2. The highest BCUT2D eigenvalue weighted by Crippen LogP contribution is 2.64. The molecule has 6 heteroatoms. The van der Waals surface area contributed by atoms with Crippen molar-refractivity contribution >= 4 is 5.91 Å². The minimum absolute atomic E-state index is 0.0686. The molecule has 2 N–H and O–H groups in total. The van der Waals surface area contributed by atoms with Crippen molar-refractivity contribution in [2.75, 3.05) is 20.1 Å². The van der Waals surface area contributed by atoms with Crippen LogP contribution >= 0.6 is 0 Å². The van der Waals surface area contributed by atoms with Crippen molar-refractivity contribution in [3.8, 4) is 23.3 Å². The smallest absolute Gasteiger partial charge is 0.299 e. The van der Waals surface area contributed by atoms with Crippen molar-refractivity contribution in [1.29, 1.82) is 0 Å². The van der Waals surface area contributed by atoms with Gasteiger partial charge in [0.1, 0.15) is 11.7 Å². The van der Waals surface area contributed by atoms with Crippen molar-refractivity contribution in [3.05, 3.63) is 83.0 Å². The van der Waals surface area contributed by atoms with E-state index >= 15 is 0 Å². The zero-order valence-corrected chi connectivity index (χ0v) is 21.5. The van der Waals surface area contributed by atoms with Gasteiger partial charge >= 0.3 is 0 Å². The summed E-state index contributed by atoms with van der Waals surface area (Å²) in [6, 6.07) is 8.92. The lowest BCUT2D eigenvalue weighted by Gasteiger charge is -2.62. The molecule has 2 bridgehead atoms. The third-order valence-corrected chi connectivity index (χ3v) is 9.08. The number of likely N-dealkylation sites (N-methyl/N-ethyl adjacent to an activating group) is 1. The number of rotatable bonds is 3. The van der Waals surface area contributed by atoms with E-state index in [2.05, 4.69) is 23.3 Å². The van der Waals surface area contributed by atoms with Crippen LogP contribution in [0.3, 0.4) is 0 Å². The predicted molar refractivity (Wildman–Crippen MR) is 142 cm³/mol. The first-order valence-electron chi connectivity index (χ1n) is 12.9. The molecule has 190 valence electrons.